The summed E-state index contributed by atoms with van der Waals surface area (Å²) in [5.41, 5.74) is 0.843. The van der Waals surface area contributed by atoms with E-state index in [1.807, 2.05) is 18.8 Å². The Labute approximate surface area is 145 Å². The van der Waals surface area contributed by atoms with Gasteiger partial charge in [0.25, 0.3) is 0 Å². The van der Waals surface area contributed by atoms with E-state index >= 15 is 0 Å². The number of nitrogens with one attached hydrogen (secondary N) is 1. The third-order valence-corrected chi connectivity index (χ3v) is 5.44. The number of carbonyl (C=O) groups is 1. The second-order valence-corrected chi connectivity index (χ2v) is 7.18. The predicted octanol–water partition coefficient (Wildman–Crippen LogP) is 3.12. The molecule has 0 bridgehead atoms. The SMILES string of the molecule is CSC1CCC(N(C)CC(=O)NCc2ccc(OC(F)F)cc2)C1. The van der Waals surface area contributed by atoms with Crippen molar-refractivity contribution in [2.24, 2.45) is 0 Å². The highest BCUT2D eigenvalue weighted by Crippen LogP contribution is 2.30. The molecule has 1 aliphatic carbocycles. The van der Waals surface area contributed by atoms with E-state index in [9.17, 15) is 13.6 Å². The molecule has 0 radical (unpaired) electrons. The van der Waals surface area contributed by atoms with Gasteiger partial charge in [0, 0.05) is 17.8 Å². The molecule has 1 aromatic rings. The molecule has 134 valence electrons. The van der Waals surface area contributed by atoms with Crippen LogP contribution in [0.25, 0.3) is 0 Å². The largest absolute Gasteiger partial charge is 0.435 e. The van der Waals surface area contributed by atoms with E-state index in [1.165, 1.54) is 18.6 Å². The van der Waals surface area contributed by atoms with Gasteiger partial charge >= 0.3 is 6.61 Å². The van der Waals surface area contributed by atoms with Crippen LogP contribution in [0.3, 0.4) is 0 Å². The van der Waals surface area contributed by atoms with Crippen LogP contribution < -0.4 is 10.1 Å². The van der Waals surface area contributed by atoms with Crippen molar-refractivity contribution >= 4 is 17.7 Å². The fourth-order valence-corrected chi connectivity index (χ4v) is 3.72. The van der Waals surface area contributed by atoms with Gasteiger partial charge < -0.3 is 10.1 Å². The number of halogens is 2. The molecule has 1 saturated carbocycles. The van der Waals surface area contributed by atoms with Crippen LogP contribution >= 0.6 is 11.8 Å². The molecule has 1 N–H and O–H groups in total. The van der Waals surface area contributed by atoms with Gasteiger partial charge in [0.05, 0.1) is 6.54 Å². The molecule has 0 heterocycles. The minimum Gasteiger partial charge on any atom is -0.435 e. The standard InChI is InChI=1S/C17H24F2N2O2S/c1-21(13-5-8-15(9-13)24-2)11-16(22)20-10-12-3-6-14(7-4-12)23-17(18)19/h3-4,6-7,13,15,17H,5,8-11H2,1-2H3,(H,20,22). The lowest BCUT2D eigenvalue weighted by atomic mass is 10.2. The van der Waals surface area contributed by atoms with Crippen molar-refractivity contribution in [3.8, 4) is 5.75 Å². The molecule has 4 nitrogen and oxygen atoms in total. The summed E-state index contributed by atoms with van der Waals surface area (Å²) in [5.74, 6) is 0.0856. The maximum atomic E-state index is 12.1. The normalized spacial score (nSPS) is 20.6. The number of likely N-dealkylation sites (N-methyl/N-ethyl adjacent to an activating group) is 1. The topological polar surface area (TPSA) is 41.6 Å². The first-order valence-electron chi connectivity index (χ1n) is 8.01. The van der Waals surface area contributed by atoms with Gasteiger partial charge in [0.1, 0.15) is 5.75 Å². The van der Waals surface area contributed by atoms with Crippen molar-refractivity contribution in [1.82, 2.24) is 10.2 Å². The summed E-state index contributed by atoms with van der Waals surface area (Å²) in [5, 5.41) is 3.57. The van der Waals surface area contributed by atoms with E-state index in [2.05, 4.69) is 21.2 Å². The monoisotopic (exact) mass is 358 g/mol. The van der Waals surface area contributed by atoms with Crippen LogP contribution in [0.4, 0.5) is 8.78 Å². The molecule has 1 aliphatic rings. The maximum absolute atomic E-state index is 12.1. The molecule has 0 spiro atoms. The highest BCUT2D eigenvalue weighted by molar-refractivity contribution is 7.99. The lowest BCUT2D eigenvalue weighted by Crippen LogP contribution is -2.39. The van der Waals surface area contributed by atoms with E-state index in [4.69, 9.17) is 0 Å². The van der Waals surface area contributed by atoms with E-state index in [-0.39, 0.29) is 11.7 Å². The summed E-state index contributed by atoms with van der Waals surface area (Å²) in [6.07, 6.45) is 5.62. The second kappa shape index (κ2) is 9.22. The van der Waals surface area contributed by atoms with Crippen molar-refractivity contribution in [3.63, 3.8) is 0 Å². The van der Waals surface area contributed by atoms with Gasteiger partial charge in [-0.1, -0.05) is 12.1 Å². The second-order valence-electron chi connectivity index (χ2n) is 6.04. The fourth-order valence-electron chi connectivity index (χ4n) is 2.93. The molecule has 0 aromatic heterocycles. The summed E-state index contributed by atoms with van der Waals surface area (Å²) >= 11 is 1.90. The number of hydrogen-bond acceptors (Lipinski definition) is 4. The van der Waals surface area contributed by atoms with Crippen LogP contribution in [0, 0.1) is 0 Å². The van der Waals surface area contributed by atoms with Gasteiger partial charge in [-0.15, -0.1) is 0 Å². The van der Waals surface area contributed by atoms with Crippen molar-refractivity contribution in [1.29, 1.82) is 0 Å². The lowest BCUT2D eigenvalue weighted by Gasteiger charge is -2.23. The van der Waals surface area contributed by atoms with Crippen LogP contribution in [0.5, 0.6) is 5.75 Å². The summed E-state index contributed by atoms with van der Waals surface area (Å²) in [6, 6.07) is 6.75. The predicted molar refractivity (Wildman–Crippen MR) is 92.5 cm³/mol. The molecule has 24 heavy (non-hydrogen) atoms. The maximum Gasteiger partial charge on any atom is 0.387 e. The Morgan fingerprint density at radius 1 is 1.38 bits per heavy atom. The van der Waals surface area contributed by atoms with Gasteiger partial charge in [0.15, 0.2) is 0 Å². The molecule has 1 aromatic carbocycles. The Hall–Kier alpha value is -1.34. The number of hydrogen-bond donors (Lipinski definition) is 1. The Bertz CT molecular complexity index is 528. The first-order valence-corrected chi connectivity index (χ1v) is 9.30. The molecular formula is C17H24F2N2O2S. The van der Waals surface area contributed by atoms with Crippen LogP contribution in [-0.4, -0.2) is 48.6 Å². The molecular weight excluding hydrogens is 334 g/mol. The number of amides is 1. The Balaban J connectivity index is 1.72. The van der Waals surface area contributed by atoms with Gasteiger partial charge in [-0.05, 0) is 50.3 Å². The van der Waals surface area contributed by atoms with Crippen molar-refractivity contribution in [2.75, 3.05) is 19.8 Å². The molecule has 0 saturated heterocycles. The van der Waals surface area contributed by atoms with E-state index in [1.54, 1.807) is 12.1 Å². The molecule has 7 heteroatoms. The summed E-state index contributed by atoms with van der Waals surface area (Å²) in [7, 11) is 1.99. The minimum atomic E-state index is -2.83. The third-order valence-electron chi connectivity index (χ3n) is 4.34. The van der Waals surface area contributed by atoms with Gasteiger partial charge in [0.2, 0.25) is 5.91 Å². The number of thioether (sulfide) groups is 1. The van der Waals surface area contributed by atoms with Crippen molar-refractivity contribution < 1.29 is 18.3 Å². The van der Waals surface area contributed by atoms with Crippen molar-refractivity contribution in [2.45, 2.75) is 43.7 Å². The average molecular weight is 358 g/mol. The molecule has 2 rings (SSSR count). The molecule has 2 unspecified atom stereocenters. The molecule has 0 aliphatic heterocycles. The van der Waals surface area contributed by atoms with Crippen LogP contribution in [0.15, 0.2) is 24.3 Å². The fraction of sp³-hybridized carbons (Fsp3) is 0.588. The van der Waals surface area contributed by atoms with E-state index in [0.717, 1.165) is 18.4 Å². The number of alkyl halides is 2. The quantitative estimate of drug-likeness (QED) is 0.775. The first-order chi connectivity index (χ1) is 11.5. The van der Waals surface area contributed by atoms with Crippen LogP contribution in [0.2, 0.25) is 0 Å². The first kappa shape index (κ1) is 19.0. The summed E-state index contributed by atoms with van der Waals surface area (Å²) in [4.78, 5) is 14.2. The third kappa shape index (κ3) is 5.94. The molecule has 1 amide bonds. The number of rotatable bonds is 8. The van der Waals surface area contributed by atoms with Crippen LogP contribution in [0.1, 0.15) is 24.8 Å². The molecule has 1 fully saturated rings. The van der Waals surface area contributed by atoms with Gasteiger partial charge in [-0.2, -0.15) is 20.5 Å². The highest BCUT2D eigenvalue weighted by atomic mass is 32.2. The number of benzene rings is 1. The summed E-state index contributed by atoms with van der Waals surface area (Å²) in [6.45, 7) is -2.08. The lowest BCUT2D eigenvalue weighted by molar-refractivity contribution is -0.122. The van der Waals surface area contributed by atoms with Gasteiger partial charge in [-0.3, -0.25) is 9.69 Å². The Kier molecular flexibility index (Phi) is 7.30. The molecule has 2 atom stereocenters. The number of nitrogens with zero attached hydrogens (tertiary/aromatic N) is 1. The Morgan fingerprint density at radius 3 is 2.67 bits per heavy atom. The zero-order chi connectivity index (χ0) is 17.5. The zero-order valence-electron chi connectivity index (χ0n) is 14.0. The zero-order valence-corrected chi connectivity index (χ0v) is 14.8. The van der Waals surface area contributed by atoms with Crippen molar-refractivity contribution in [3.05, 3.63) is 29.8 Å². The minimum absolute atomic E-state index is 0.0296. The smallest absolute Gasteiger partial charge is 0.387 e. The Morgan fingerprint density at radius 2 is 2.08 bits per heavy atom. The van der Waals surface area contributed by atoms with E-state index in [0.29, 0.717) is 24.4 Å². The van der Waals surface area contributed by atoms with E-state index < -0.39 is 6.61 Å². The number of ether oxygens (including phenoxy) is 1. The van der Waals surface area contributed by atoms with Crippen LogP contribution in [-0.2, 0) is 11.3 Å². The van der Waals surface area contributed by atoms with Gasteiger partial charge in [-0.25, -0.2) is 0 Å². The number of carbonyl (C=O) groups excluding carboxylic acids is 1. The summed E-state index contributed by atoms with van der Waals surface area (Å²) < 4.78 is 28.5. The average Bonchev–Trinajstić information content (AvgIpc) is 3.03. The highest BCUT2D eigenvalue weighted by Gasteiger charge is 2.27.